The molecule has 0 bridgehead atoms. The Bertz CT molecular complexity index is 573. The van der Waals surface area contributed by atoms with Crippen molar-refractivity contribution in [3.05, 3.63) is 70.8 Å². The topological polar surface area (TPSA) is 18.5 Å². The van der Waals surface area contributed by atoms with Crippen molar-refractivity contribution in [3.63, 3.8) is 0 Å². The number of hydrogen-bond acceptors (Lipinski definition) is 2. The van der Waals surface area contributed by atoms with Crippen molar-refractivity contribution < 1.29 is 9.47 Å². The summed E-state index contributed by atoms with van der Waals surface area (Å²) < 4.78 is 11.4. The summed E-state index contributed by atoms with van der Waals surface area (Å²) in [6.45, 7) is 7.53. The molecular formula is C27H40O2. The molecule has 29 heavy (non-hydrogen) atoms. The van der Waals surface area contributed by atoms with Crippen LogP contribution in [0.15, 0.2) is 48.5 Å². The van der Waals surface area contributed by atoms with Crippen LogP contribution < -0.4 is 0 Å². The predicted molar refractivity (Wildman–Crippen MR) is 124 cm³/mol. The summed E-state index contributed by atoms with van der Waals surface area (Å²) in [6, 6.07) is 18.1. The van der Waals surface area contributed by atoms with Crippen LogP contribution in [0.1, 0.15) is 68.2 Å². The molecule has 160 valence electrons. The fourth-order valence-electron chi connectivity index (χ4n) is 3.45. The van der Waals surface area contributed by atoms with Crippen LogP contribution in [-0.2, 0) is 35.2 Å². The molecule has 0 aliphatic heterocycles. The Balaban J connectivity index is 1.34. The van der Waals surface area contributed by atoms with Crippen LogP contribution in [0.4, 0.5) is 0 Å². The minimum absolute atomic E-state index is 0.717. The maximum absolute atomic E-state index is 5.69. The van der Waals surface area contributed by atoms with Crippen molar-refractivity contribution in [2.45, 2.75) is 71.6 Å². The van der Waals surface area contributed by atoms with Gasteiger partial charge in [-0.1, -0.05) is 68.8 Å². The van der Waals surface area contributed by atoms with Crippen molar-refractivity contribution in [1.29, 1.82) is 0 Å². The van der Waals surface area contributed by atoms with Gasteiger partial charge in [0.2, 0.25) is 0 Å². The van der Waals surface area contributed by atoms with Gasteiger partial charge < -0.3 is 9.47 Å². The molecule has 2 heteroatoms. The van der Waals surface area contributed by atoms with E-state index in [0.29, 0.717) is 0 Å². The van der Waals surface area contributed by atoms with Crippen LogP contribution in [0, 0.1) is 0 Å². The van der Waals surface area contributed by atoms with Crippen LogP contribution in [0.25, 0.3) is 0 Å². The molecule has 0 amide bonds. The van der Waals surface area contributed by atoms with E-state index in [4.69, 9.17) is 9.47 Å². The third-order valence-corrected chi connectivity index (χ3v) is 5.49. The highest BCUT2D eigenvalue weighted by Gasteiger charge is 1.97. The van der Waals surface area contributed by atoms with Gasteiger partial charge in [-0.15, -0.1) is 0 Å². The first kappa shape index (κ1) is 23.6. The molecule has 2 aromatic carbocycles. The van der Waals surface area contributed by atoms with E-state index in [2.05, 4.69) is 62.4 Å². The minimum Gasteiger partial charge on any atom is -0.379 e. The molecule has 0 spiro atoms. The summed E-state index contributed by atoms with van der Waals surface area (Å²) in [5.41, 5.74) is 5.72. The van der Waals surface area contributed by atoms with Crippen LogP contribution >= 0.6 is 0 Å². The number of hydrogen-bond donors (Lipinski definition) is 0. The highest BCUT2D eigenvalue weighted by molar-refractivity contribution is 5.23. The highest BCUT2D eigenvalue weighted by Crippen LogP contribution is 2.10. The van der Waals surface area contributed by atoms with Gasteiger partial charge in [-0.05, 0) is 73.6 Å². The third-order valence-electron chi connectivity index (χ3n) is 5.49. The largest absolute Gasteiger partial charge is 0.379 e. The van der Waals surface area contributed by atoms with E-state index < -0.39 is 0 Å². The lowest BCUT2D eigenvalue weighted by molar-refractivity contribution is 0.0450. The zero-order chi connectivity index (χ0) is 20.6. The fraction of sp³-hybridized carbons (Fsp3) is 0.556. The second-order valence-corrected chi connectivity index (χ2v) is 7.83. The van der Waals surface area contributed by atoms with Crippen molar-refractivity contribution >= 4 is 0 Å². The van der Waals surface area contributed by atoms with Gasteiger partial charge in [0.1, 0.15) is 0 Å². The van der Waals surface area contributed by atoms with Gasteiger partial charge in [0.05, 0.1) is 13.2 Å². The zero-order valence-electron chi connectivity index (χ0n) is 18.6. The van der Waals surface area contributed by atoms with Crippen molar-refractivity contribution in [2.75, 3.05) is 26.4 Å². The predicted octanol–water partition coefficient (Wildman–Crippen LogP) is 6.58. The summed E-state index contributed by atoms with van der Waals surface area (Å²) in [4.78, 5) is 0. The van der Waals surface area contributed by atoms with E-state index in [1.807, 2.05) is 0 Å². The average Bonchev–Trinajstić information content (AvgIpc) is 2.77. The Morgan fingerprint density at radius 2 is 0.828 bits per heavy atom. The van der Waals surface area contributed by atoms with Crippen LogP contribution in [0.3, 0.4) is 0 Å². The van der Waals surface area contributed by atoms with E-state index >= 15 is 0 Å². The van der Waals surface area contributed by atoms with Gasteiger partial charge in [0, 0.05) is 13.2 Å². The second kappa shape index (κ2) is 15.2. The minimum atomic E-state index is 0.717. The van der Waals surface area contributed by atoms with Crippen molar-refractivity contribution in [2.24, 2.45) is 0 Å². The normalized spacial score (nSPS) is 11.1. The van der Waals surface area contributed by atoms with E-state index in [1.54, 1.807) is 0 Å². The lowest BCUT2D eigenvalue weighted by Crippen LogP contribution is -2.06. The Morgan fingerprint density at radius 1 is 0.448 bits per heavy atom. The maximum Gasteiger partial charge on any atom is 0.0700 e. The smallest absolute Gasteiger partial charge is 0.0700 e. The van der Waals surface area contributed by atoms with Gasteiger partial charge in [-0.2, -0.15) is 0 Å². The summed E-state index contributed by atoms with van der Waals surface area (Å²) in [7, 11) is 0. The Morgan fingerprint density at radius 3 is 1.28 bits per heavy atom. The standard InChI is InChI=1S/C27H40O2/c1-3-24-12-16-26(17-13-24)10-6-5-8-20-28-22-23-29-21-9-7-11-27-18-14-25(4-2)15-19-27/h12-19H,3-11,20-23H2,1-2H3. The van der Waals surface area contributed by atoms with Crippen molar-refractivity contribution in [3.8, 4) is 0 Å². The second-order valence-electron chi connectivity index (χ2n) is 7.83. The molecule has 2 nitrogen and oxygen atoms in total. The van der Waals surface area contributed by atoms with E-state index in [9.17, 15) is 0 Å². The van der Waals surface area contributed by atoms with E-state index in [-0.39, 0.29) is 0 Å². The van der Waals surface area contributed by atoms with Gasteiger partial charge in [-0.3, -0.25) is 0 Å². The molecule has 0 unspecified atom stereocenters. The summed E-state index contributed by atoms with van der Waals surface area (Å²) >= 11 is 0. The molecule has 0 aromatic heterocycles. The van der Waals surface area contributed by atoms with Crippen LogP contribution in [-0.4, -0.2) is 26.4 Å². The molecule has 0 N–H and O–H groups in total. The summed E-state index contributed by atoms with van der Waals surface area (Å²) in [6.07, 6.45) is 10.5. The zero-order valence-corrected chi connectivity index (χ0v) is 18.6. The monoisotopic (exact) mass is 396 g/mol. The van der Waals surface area contributed by atoms with Gasteiger partial charge >= 0.3 is 0 Å². The Kier molecular flexibility index (Phi) is 12.4. The molecule has 0 radical (unpaired) electrons. The first-order valence-electron chi connectivity index (χ1n) is 11.6. The number of ether oxygens (including phenoxy) is 2. The molecule has 2 aromatic rings. The molecule has 0 saturated heterocycles. The molecular weight excluding hydrogens is 356 g/mol. The maximum atomic E-state index is 5.69. The van der Waals surface area contributed by atoms with E-state index in [0.717, 1.165) is 58.5 Å². The number of benzene rings is 2. The fourth-order valence-corrected chi connectivity index (χ4v) is 3.45. The van der Waals surface area contributed by atoms with Gasteiger partial charge in [-0.25, -0.2) is 0 Å². The van der Waals surface area contributed by atoms with Crippen LogP contribution in [0.5, 0.6) is 0 Å². The van der Waals surface area contributed by atoms with Gasteiger partial charge in [0.15, 0.2) is 0 Å². The lowest BCUT2D eigenvalue weighted by atomic mass is 10.0. The Hall–Kier alpha value is -1.64. The molecule has 0 heterocycles. The number of rotatable bonds is 16. The quantitative estimate of drug-likeness (QED) is 0.298. The third kappa shape index (κ3) is 10.6. The van der Waals surface area contributed by atoms with Crippen LogP contribution in [0.2, 0.25) is 0 Å². The Labute approximate surface area is 178 Å². The van der Waals surface area contributed by atoms with Gasteiger partial charge in [0.25, 0.3) is 0 Å². The molecule has 0 saturated carbocycles. The van der Waals surface area contributed by atoms with E-state index in [1.165, 1.54) is 47.9 Å². The first-order chi connectivity index (χ1) is 14.3. The average molecular weight is 397 g/mol. The molecule has 0 aliphatic rings. The first-order valence-corrected chi connectivity index (χ1v) is 11.6. The molecule has 0 aliphatic carbocycles. The molecule has 0 fully saturated rings. The summed E-state index contributed by atoms with van der Waals surface area (Å²) in [5.74, 6) is 0. The number of aryl methyl sites for hydroxylation is 4. The highest BCUT2D eigenvalue weighted by atomic mass is 16.5. The summed E-state index contributed by atoms with van der Waals surface area (Å²) in [5, 5.41) is 0. The van der Waals surface area contributed by atoms with Crippen molar-refractivity contribution in [1.82, 2.24) is 0 Å². The lowest BCUT2D eigenvalue weighted by Gasteiger charge is -2.07. The molecule has 0 atom stereocenters. The number of unbranched alkanes of at least 4 members (excludes halogenated alkanes) is 3. The SMILES string of the molecule is CCc1ccc(CCCCCOCCOCCCCc2ccc(CC)cc2)cc1. The molecule has 2 rings (SSSR count).